The Hall–Kier alpha value is -1.73. The minimum Gasteiger partial charge on any atom is -0.481 e. The van der Waals surface area contributed by atoms with Crippen LogP contribution in [0.5, 0.6) is 0 Å². The second-order valence-electron chi connectivity index (χ2n) is 12.2. The second kappa shape index (κ2) is 6.23. The van der Waals surface area contributed by atoms with Gasteiger partial charge in [-0.15, -0.1) is 0 Å². The average molecular weight is 447 g/mol. The average Bonchev–Trinajstić information content (AvgIpc) is 3.33. The van der Waals surface area contributed by atoms with E-state index >= 15 is 0 Å². The molecule has 1 aliphatic heterocycles. The first kappa shape index (κ1) is 22.1. The lowest BCUT2D eigenvalue weighted by atomic mass is 9.42. The lowest BCUT2D eigenvalue weighted by Gasteiger charge is -2.59. The molecule has 3 unspecified atom stereocenters. The van der Waals surface area contributed by atoms with Gasteiger partial charge in [0.25, 0.3) is 0 Å². The third-order valence-corrected chi connectivity index (χ3v) is 10.3. The maximum atomic E-state index is 12.8. The number of carbonyl (C=O) groups excluding carboxylic acids is 1. The fourth-order valence-electron chi connectivity index (χ4n) is 8.66. The number of carbonyl (C=O) groups is 3. The minimum atomic E-state index is -1.14. The van der Waals surface area contributed by atoms with Gasteiger partial charge in [0.2, 0.25) is 0 Å². The smallest absolute Gasteiger partial charge is 0.307 e. The highest BCUT2D eigenvalue weighted by Gasteiger charge is 2.83. The SMILES string of the molecule is CC1(C)C[C@@]2(C)C(=CC1=O)CC(C(=O)O)[C@H]1[C@@H]3CC[C@](O)(CCC(=O)O)[C@@]3(C)CC3OC312. The van der Waals surface area contributed by atoms with Crippen LogP contribution < -0.4 is 0 Å². The number of hydrogen-bond acceptors (Lipinski definition) is 5. The first-order valence-corrected chi connectivity index (χ1v) is 11.8. The van der Waals surface area contributed by atoms with Gasteiger partial charge in [0.05, 0.1) is 17.6 Å². The summed E-state index contributed by atoms with van der Waals surface area (Å²) in [5, 5.41) is 31.1. The number of ether oxygens (including phenoxy) is 1. The number of epoxide rings is 1. The van der Waals surface area contributed by atoms with E-state index in [0.717, 1.165) is 5.57 Å². The van der Waals surface area contributed by atoms with E-state index in [1.165, 1.54) is 0 Å². The molecule has 0 radical (unpaired) electrons. The van der Waals surface area contributed by atoms with Gasteiger partial charge in [0.15, 0.2) is 5.78 Å². The van der Waals surface area contributed by atoms with Gasteiger partial charge in [-0.1, -0.05) is 33.3 Å². The van der Waals surface area contributed by atoms with Crippen molar-refractivity contribution in [2.75, 3.05) is 0 Å². The van der Waals surface area contributed by atoms with E-state index in [2.05, 4.69) is 6.92 Å². The van der Waals surface area contributed by atoms with Crippen LogP contribution in [-0.4, -0.2) is 50.3 Å². The Morgan fingerprint density at radius 2 is 1.88 bits per heavy atom. The molecule has 7 heteroatoms. The Morgan fingerprint density at radius 3 is 2.50 bits per heavy atom. The van der Waals surface area contributed by atoms with Gasteiger partial charge in [0.1, 0.15) is 5.60 Å². The van der Waals surface area contributed by atoms with Crippen molar-refractivity contribution >= 4 is 17.7 Å². The van der Waals surface area contributed by atoms with E-state index < -0.39 is 45.3 Å². The summed E-state index contributed by atoms with van der Waals surface area (Å²) in [5.74, 6) is -2.79. The molecule has 0 amide bonds. The maximum absolute atomic E-state index is 12.8. The van der Waals surface area contributed by atoms with Crippen LogP contribution in [-0.2, 0) is 19.1 Å². The van der Waals surface area contributed by atoms with Gasteiger partial charge < -0.3 is 20.1 Å². The lowest BCUT2D eigenvalue weighted by Crippen LogP contribution is -2.64. The van der Waals surface area contributed by atoms with Crippen LogP contribution in [0.4, 0.5) is 0 Å². The topological polar surface area (TPSA) is 124 Å². The van der Waals surface area contributed by atoms with Crippen molar-refractivity contribution in [3.63, 3.8) is 0 Å². The van der Waals surface area contributed by atoms with Crippen LogP contribution in [0.2, 0.25) is 0 Å². The maximum Gasteiger partial charge on any atom is 0.307 e. The zero-order valence-corrected chi connectivity index (χ0v) is 19.3. The number of ketones is 1. The number of aliphatic carboxylic acids is 2. The number of hydrogen-bond donors (Lipinski definition) is 3. The molecule has 5 rings (SSSR count). The predicted octanol–water partition coefficient (Wildman–Crippen LogP) is 3.19. The molecule has 0 aromatic rings. The molecule has 4 fully saturated rings. The van der Waals surface area contributed by atoms with Gasteiger partial charge in [-0.05, 0) is 50.5 Å². The van der Waals surface area contributed by atoms with E-state index in [4.69, 9.17) is 4.74 Å². The molecule has 4 aliphatic carbocycles. The molecule has 32 heavy (non-hydrogen) atoms. The molecular weight excluding hydrogens is 412 g/mol. The third kappa shape index (κ3) is 2.47. The Morgan fingerprint density at radius 1 is 1.19 bits per heavy atom. The molecule has 1 heterocycles. The van der Waals surface area contributed by atoms with E-state index in [-0.39, 0.29) is 36.6 Å². The molecule has 5 aliphatic rings. The fourth-order valence-corrected chi connectivity index (χ4v) is 8.66. The first-order chi connectivity index (χ1) is 14.7. The molecular formula is C25H34O7. The zero-order chi connectivity index (χ0) is 23.5. The number of fused-ring (bicyclic) bond motifs is 3. The molecule has 0 bridgehead atoms. The van der Waals surface area contributed by atoms with Crippen molar-refractivity contribution in [3.8, 4) is 0 Å². The van der Waals surface area contributed by atoms with Crippen LogP contribution >= 0.6 is 0 Å². The minimum absolute atomic E-state index is 0.0470. The fraction of sp³-hybridized carbons (Fsp3) is 0.800. The summed E-state index contributed by atoms with van der Waals surface area (Å²) in [5.41, 5.74) is -2.44. The quantitative estimate of drug-likeness (QED) is 0.567. The highest BCUT2D eigenvalue weighted by atomic mass is 16.6. The molecule has 176 valence electrons. The lowest BCUT2D eigenvalue weighted by molar-refractivity contribution is -0.162. The molecule has 7 nitrogen and oxygen atoms in total. The normalized spacial score (nSPS) is 50.4. The molecule has 0 aromatic carbocycles. The molecule has 3 saturated carbocycles. The van der Waals surface area contributed by atoms with E-state index in [1.807, 2.05) is 20.8 Å². The summed E-state index contributed by atoms with van der Waals surface area (Å²) in [7, 11) is 0. The summed E-state index contributed by atoms with van der Waals surface area (Å²) < 4.78 is 6.53. The first-order valence-electron chi connectivity index (χ1n) is 11.8. The summed E-state index contributed by atoms with van der Waals surface area (Å²) in [4.78, 5) is 36.5. The van der Waals surface area contributed by atoms with E-state index in [1.54, 1.807) is 6.08 Å². The zero-order valence-electron chi connectivity index (χ0n) is 19.3. The highest BCUT2D eigenvalue weighted by molar-refractivity contribution is 5.96. The van der Waals surface area contributed by atoms with Crippen LogP contribution in [0, 0.1) is 34.0 Å². The Labute approximate surface area is 188 Å². The van der Waals surface area contributed by atoms with E-state index in [0.29, 0.717) is 32.1 Å². The van der Waals surface area contributed by atoms with Gasteiger partial charge in [-0.3, -0.25) is 14.4 Å². The number of rotatable bonds is 4. The van der Waals surface area contributed by atoms with Crippen molar-refractivity contribution in [2.24, 2.45) is 34.0 Å². The second-order valence-corrected chi connectivity index (χ2v) is 12.2. The number of carboxylic acid groups (broad SMARTS) is 2. The van der Waals surface area contributed by atoms with Crippen molar-refractivity contribution in [2.45, 2.75) is 89.9 Å². The van der Waals surface area contributed by atoms with Crippen LogP contribution in [0.25, 0.3) is 0 Å². The monoisotopic (exact) mass is 446 g/mol. The Kier molecular flexibility index (Phi) is 4.30. The highest BCUT2D eigenvalue weighted by Crippen LogP contribution is 2.78. The molecule has 0 aromatic heterocycles. The third-order valence-electron chi connectivity index (χ3n) is 10.3. The summed E-state index contributed by atoms with van der Waals surface area (Å²) in [6.07, 6.45) is 4.25. The van der Waals surface area contributed by atoms with Crippen molar-refractivity contribution in [1.29, 1.82) is 0 Å². The molecule has 8 atom stereocenters. The largest absolute Gasteiger partial charge is 0.481 e. The molecule has 3 N–H and O–H groups in total. The summed E-state index contributed by atoms with van der Waals surface area (Å²) in [6.45, 7) is 8.06. The van der Waals surface area contributed by atoms with Crippen molar-refractivity contribution in [1.82, 2.24) is 0 Å². The van der Waals surface area contributed by atoms with Crippen LogP contribution in [0.1, 0.15) is 72.6 Å². The van der Waals surface area contributed by atoms with Gasteiger partial charge >= 0.3 is 11.9 Å². The van der Waals surface area contributed by atoms with Crippen LogP contribution in [0.15, 0.2) is 11.6 Å². The van der Waals surface area contributed by atoms with Gasteiger partial charge in [0, 0.05) is 28.6 Å². The summed E-state index contributed by atoms with van der Waals surface area (Å²) >= 11 is 0. The number of carboxylic acids is 2. The van der Waals surface area contributed by atoms with Gasteiger partial charge in [-0.2, -0.15) is 0 Å². The van der Waals surface area contributed by atoms with Gasteiger partial charge in [-0.25, -0.2) is 0 Å². The van der Waals surface area contributed by atoms with Crippen LogP contribution in [0.3, 0.4) is 0 Å². The Balaban J connectivity index is 1.61. The molecule has 1 spiro atoms. The summed E-state index contributed by atoms with van der Waals surface area (Å²) in [6, 6.07) is 0. The Bertz CT molecular complexity index is 952. The predicted molar refractivity (Wildman–Crippen MR) is 114 cm³/mol. The van der Waals surface area contributed by atoms with E-state index in [9.17, 15) is 29.7 Å². The van der Waals surface area contributed by atoms with Crippen molar-refractivity contribution in [3.05, 3.63) is 11.6 Å². The number of aliphatic hydroxyl groups is 1. The molecule has 1 saturated heterocycles. The van der Waals surface area contributed by atoms with Crippen molar-refractivity contribution < 1.29 is 34.4 Å². The standard InChI is InChI=1S/C25H34O7/c1-21(2)12-23(4)13(10-16(21)26)9-14(20(29)30)19-15-5-7-24(31,8-6-18(27)28)22(15,3)11-17-25(19,23)32-17/h10,14-15,17,19,31H,5-9,11-12H2,1-4H3,(H,27,28)(H,29,30)/t14?,15-,17?,19-,22-,23-,24-,25?/m0/s1.